The Morgan fingerprint density at radius 3 is 2.50 bits per heavy atom. The van der Waals surface area contributed by atoms with Crippen molar-refractivity contribution in [2.24, 2.45) is 0 Å². The molecule has 1 aliphatic heterocycles. The minimum atomic E-state index is -3.14. The Labute approximate surface area is 147 Å². The van der Waals surface area contributed by atoms with Gasteiger partial charge in [0.25, 0.3) is 5.91 Å². The van der Waals surface area contributed by atoms with Crippen LogP contribution in [0.3, 0.4) is 0 Å². The summed E-state index contributed by atoms with van der Waals surface area (Å²) in [6.45, 7) is 0.155. The van der Waals surface area contributed by atoms with Gasteiger partial charge in [0.1, 0.15) is 11.6 Å². The molecule has 1 saturated heterocycles. The van der Waals surface area contributed by atoms with Crippen molar-refractivity contribution in [3.05, 3.63) is 58.2 Å². The maximum absolute atomic E-state index is 13.1. The first-order valence-corrected chi connectivity index (χ1v) is 9.97. The molecule has 0 N–H and O–H groups in total. The lowest BCUT2D eigenvalue weighted by Gasteiger charge is -2.27. The van der Waals surface area contributed by atoms with E-state index in [9.17, 15) is 17.6 Å². The lowest BCUT2D eigenvalue weighted by molar-refractivity contribution is 0.0665. The fourth-order valence-corrected chi connectivity index (χ4v) is 4.82. The third-order valence-corrected chi connectivity index (χ3v) is 6.13. The molecule has 8 heteroatoms. The van der Waals surface area contributed by atoms with Gasteiger partial charge in [0.2, 0.25) is 0 Å². The number of hydrogen-bond donors (Lipinski definition) is 0. The van der Waals surface area contributed by atoms with Crippen molar-refractivity contribution < 1.29 is 22.0 Å². The Balaban J connectivity index is 1.88. The molecule has 128 valence electrons. The van der Waals surface area contributed by atoms with Gasteiger partial charge in [-0.1, -0.05) is 0 Å². The highest BCUT2D eigenvalue weighted by Gasteiger charge is 2.35. The van der Waals surface area contributed by atoms with Gasteiger partial charge >= 0.3 is 0 Å². The van der Waals surface area contributed by atoms with Gasteiger partial charge in [0.15, 0.2) is 14.5 Å². The van der Waals surface area contributed by atoms with Gasteiger partial charge in [-0.2, -0.15) is 0 Å². The first kappa shape index (κ1) is 17.2. The minimum Gasteiger partial charge on any atom is -0.452 e. The van der Waals surface area contributed by atoms with Crippen LogP contribution in [0.25, 0.3) is 0 Å². The maximum Gasteiger partial charge on any atom is 0.254 e. The van der Waals surface area contributed by atoms with Crippen LogP contribution in [-0.4, -0.2) is 36.8 Å². The van der Waals surface area contributed by atoms with Gasteiger partial charge in [-0.05, 0) is 58.7 Å². The molecule has 1 aromatic heterocycles. The maximum atomic E-state index is 13.1. The zero-order valence-electron chi connectivity index (χ0n) is 12.6. The summed E-state index contributed by atoms with van der Waals surface area (Å²) in [4.78, 5) is 14.3. The van der Waals surface area contributed by atoms with E-state index in [1.807, 2.05) is 0 Å². The molecule has 1 aliphatic rings. The third-order valence-electron chi connectivity index (χ3n) is 3.96. The molecular formula is C16H15BrFNO4S. The smallest absolute Gasteiger partial charge is 0.254 e. The molecule has 3 rings (SSSR count). The predicted molar refractivity (Wildman–Crippen MR) is 89.7 cm³/mol. The number of sulfone groups is 1. The standard InChI is InChI=1S/C16H15BrFNO4S/c17-15-6-5-14(23-15)9-19(13-7-8-24(21,22)10-13)16(20)11-1-3-12(18)4-2-11/h1-6,13H,7-10H2/t13-/m1/s1. The van der Waals surface area contributed by atoms with E-state index in [1.54, 1.807) is 12.1 Å². The Kier molecular flexibility index (Phi) is 4.78. The summed E-state index contributed by atoms with van der Waals surface area (Å²) in [6, 6.07) is 8.22. The molecule has 1 aromatic carbocycles. The molecule has 0 saturated carbocycles. The van der Waals surface area contributed by atoms with E-state index in [0.29, 0.717) is 22.4 Å². The molecule has 0 aliphatic carbocycles. The second-order valence-electron chi connectivity index (χ2n) is 5.70. The van der Waals surface area contributed by atoms with Crippen LogP contribution in [0.15, 0.2) is 45.5 Å². The summed E-state index contributed by atoms with van der Waals surface area (Å²) in [5, 5.41) is 0. The van der Waals surface area contributed by atoms with Crippen LogP contribution in [-0.2, 0) is 16.4 Å². The van der Waals surface area contributed by atoms with Crippen LogP contribution < -0.4 is 0 Å². The summed E-state index contributed by atoms with van der Waals surface area (Å²) in [5.74, 6) is -0.239. The number of halogens is 2. The number of amides is 1. The van der Waals surface area contributed by atoms with Crippen molar-refractivity contribution in [3.8, 4) is 0 Å². The van der Waals surface area contributed by atoms with E-state index in [4.69, 9.17) is 4.42 Å². The van der Waals surface area contributed by atoms with Crippen molar-refractivity contribution >= 4 is 31.7 Å². The second-order valence-corrected chi connectivity index (χ2v) is 8.71. The van der Waals surface area contributed by atoms with Crippen LogP contribution in [0.1, 0.15) is 22.5 Å². The summed E-state index contributed by atoms with van der Waals surface area (Å²) in [6.07, 6.45) is 0.386. The molecule has 24 heavy (non-hydrogen) atoms. The lowest BCUT2D eigenvalue weighted by atomic mass is 10.1. The fraction of sp³-hybridized carbons (Fsp3) is 0.312. The number of furan rings is 1. The Hall–Kier alpha value is -1.67. The van der Waals surface area contributed by atoms with Crippen molar-refractivity contribution in [2.45, 2.75) is 19.0 Å². The molecule has 0 unspecified atom stereocenters. The SMILES string of the molecule is O=C(c1ccc(F)cc1)N(Cc1ccc(Br)o1)[C@@H]1CCS(=O)(=O)C1. The second kappa shape index (κ2) is 6.68. The van der Waals surface area contributed by atoms with E-state index < -0.39 is 21.7 Å². The average Bonchev–Trinajstić information content (AvgIpc) is 3.10. The quantitative estimate of drug-likeness (QED) is 0.769. The van der Waals surface area contributed by atoms with Crippen LogP contribution in [0, 0.1) is 5.82 Å². The molecule has 0 radical (unpaired) electrons. The summed E-state index contributed by atoms with van der Waals surface area (Å²) < 4.78 is 42.6. The van der Waals surface area contributed by atoms with E-state index in [0.717, 1.165) is 0 Å². The number of carbonyl (C=O) groups is 1. The van der Waals surface area contributed by atoms with Crippen molar-refractivity contribution in [3.63, 3.8) is 0 Å². The monoisotopic (exact) mass is 415 g/mol. The largest absolute Gasteiger partial charge is 0.452 e. The molecule has 1 amide bonds. The van der Waals surface area contributed by atoms with Gasteiger partial charge in [-0.25, -0.2) is 12.8 Å². The van der Waals surface area contributed by atoms with Crippen molar-refractivity contribution in [1.29, 1.82) is 0 Å². The van der Waals surface area contributed by atoms with Crippen LogP contribution in [0.2, 0.25) is 0 Å². The molecule has 2 heterocycles. The molecule has 2 aromatic rings. The lowest BCUT2D eigenvalue weighted by Crippen LogP contribution is -2.40. The minimum absolute atomic E-state index is 0.0622. The summed E-state index contributed by atoms with van der Waals surface area (Å²) >= 11 is 3.21. The molecular weight excluding hydrogens is 401 g/mol. The highest BCUT2D eigenvalue weighted by molar-refractivity contribution is 9.10. The molecule has 0 spiro atoms. The summed E-state index contributed by atoms with van der Waals surface area (Å²) in [5.41, 5.74) is 0.311. The number of rotatable bonds is 4. The van der Waals surface area contributed by atoms with Crippen molar-refractivity contribution in [1.82, 2.24) is 4.90 Å². The zero-order valence-corrected chi connectivity index (χ0v) is 15.0. The summed E-state index contributed by atoms with van der Waals surface area (Å²) in [7, 11) is -3.14. The van der Waals surface area contributed by atoms with E-state index >= 15 is 0 Å². The van der Waals surface area contributed by atoms with Gasteiger partial charge in [-0.3, -0.25) is 4.79 Å². The van der Waals surface area contributed by atoms with E-state index in [2.05, 4.69) is 15.9 Å². The number of hydrogen-bond acceptors (Lipinski definition) is 4. The van der Waals surface area contributed by atoms with E-state index in [1.165, 1.54) is 29.2 Å². The first-order chi connectivity index (χ1) is 11.3. The Morgan fingerprint density at radius 2 is 1.96 bits per heavy atom. The number of benzene rings is 1. The molecule has 5 nitrogen and oxygen atoms in total. The molecule has 1 fully saturated rings. The van der Waals surface area contributed by atoms with Crippen LogP contribution in [0.4, 0.5) is 4.39 Å². The number of nitrogens with zero attached hydrogens (tertiary/aromatic N) is 1. The van der Waals surface area contributed by atoms with Crippen LogP contribution in [0.5, 0.6) is 0 Å². The number of carbonyl (C=O) groups excluding carboxylic acids is 1. The van der Waals surface area contributed by atoms with E-state index in [-0.39, 0.29) is 24.0 Å². The highest BCUT2D eigenvalue weighted by atomic mass is 79.9. The average molecular weight is 416 g/mol. The predicted octanol–water partition coefficient (Wildman–Crippen LogP) is 3.01. The topological polar surface area (TPSA) is 67.6 Å². The molecule has 0 bridgehead atoms. The molecule has 1 atom stereocenters. The Bertz CT molecular complexity index is 847. The highest BCUT2D eigenvalue weighted by Crippen LogP contribution is 2.24. The van der Waals surface area contributed by atoms with Crippen molar-refractivity contribution in [2.75, 3.05) is 11.5 Å². The first-order valence-electron chi connectivity index (χ1n) is 7.35. The normalized spacial score (nSPS) is 19.3. The van der Waals surface area contributed by atoms with Crippen LogP contribution >= 0.6 is 15.9 Å². The van der Waals surface area contributed by atoms with Gasteiger partial charge < -0.3 is 9.32 Å². The van der Waals surface area contributed by atoms with Gasteiger partial charge in [-0.15, -0.1) is 0 Å². The van der Waals surface area contributed by atoms with Gasteiger partial charge in [0, 0.05) is 11.6 Å². The van der Waals surface area contributed by atoms with Gasteiger partial charge in [0.05, 0.1) is 18.1 Å². The third kappa shape index (κ3) is 3.87. The Morgan fingerprint density at radius 1 is 1.25 bits per heavy atom. The zero-order chi connectivity index (χ0) is 17.3. The fourth-order valence-electron chi connectivity index (χ4n) is 2.75.